The van der Waals surface area contributed by atoms with Crippen molar-refractivity contribution >= 4 is 17.9 Å². The van der Waals surface area contributed by atoms with E-state index in [0.29, 0.717) is 19.3 Å². The second-order valence-electron chi connectivity index (χ2n) is 22.7. The van der Waals surface area contributed by atoms with Gasteiger partial charge in [-0.3, -0.25) is 14.4 Å². The van der Waals surface area contributed by atoms with Gasteiger partial charge in [0.05, 0.1) is 0 Å². The molecule has 0 rings (SSSR count). The zero-order valence-electron chi connectivity index (χ0n) is 51.9. The first-order valence-electron chi connectivity index (χ1n) is 33.9. The molecular weight excluding hydrogens is 961 g/mol. The molecule has 452 valence electrons. The highest BCUT2D eigenvalue weighted by Crippen LogP contribution is 2.17. The van der Waals surface area contributed by atoms with Gasteiger partial charge in [0.25, 0.3) is 0 Å². The van der Waals surface area contributed by atoms with Gasteiger partial charge in [-0.15, -0.1) is 0 Å². The van der Waals surface area contributed by atoms with Crippen molar-refractivity contribution in [3.63, 3.8) is 0 Å². The molecule has 0 heterocycles. The van der Waals surface area contributed by atoms with Crippen LogP contribution >= 0.6 is 0 Å². The highest BCUT2D eigenvalue weighted by molar-refractivity contribution is 5.71. The van der Waals surface area contributed by atoms with E-state index in [1.165, 1.54) is 218 Å². The monoisotopic (exact) mass is 1090 g/mol. The summed E-state index contributed by atoms with van der Waals surface area (Å²) in [6.45, 7) is 6.56. The van der Waals surface area contributed by atoms with Gasteiger partial charge in [-0.2, -0.15) is 0 Å². The van der Waals surface area contributed by atoms with Crippen LogP contribution in [-0.4, -0.2) is 37.2 Å². The van der Waals surface area contributed by atoms with E-state index in [9.17, 15) is 14.4 Å². The van der Waals surface area contributed by atoms with Crippen LogP contribution in [0.15, 0.2) is 72.9 Å². The van der Waals surface area contributed by atoms with Gasteiger partial charge >= 0.3 is 17.9 Å². The van der Waals surface area contributed by atoms with Crippen LogP contribution in [0.4, 0.5) is 0 Å². The summed E-state index contributed by atoms with van der Waals surface area (Å²) in [5, 5.41) is 0. The van der Waals surface area contributed by atoms with E-state index in [1.54, 1.807) is 0 Å². The fraction of sp³-hybridized carbons (Fsp3) is 0.792. The Morgan fingerprint density at radius 1 is 0.269 bits per heavy atom. The van der Waals surface area contributed by atoms with Gasteiger partial charge in [0, 0.05) is 19.3 Å². The summed E-state index contributed by atoms with van der Waals surface area (Å²) in [5.41, 5.74) is 0. The summed E-state index contributed by atoms with van der Waals surface area (Å²) in [7, 11) is 0. The van der Waals surface area contributed by atoms with Crippen molar-refractivity contribution in [3.05, 3.63) is 72.9 Å². The van der Waals surface area contributed by atoms with E-state index in [0.717, 1.165) is 89.9 Å². The Morgan fingerprint density at radius 2 is 0.500 bits per heavy atom. The second-order valence-corrected chi connectivity index (χ2v) is 22.7. The van der Waals surface area contributed by atoms with Gasteiger partial charge in [0.1, 0.15) is 13.2 Å². The molecule has 1 atom stereocenters. The maximum absolute atomic E-state index is 12.9. The lowest BCUT2D eigenvalue weighted by Gasteiger charge is -2.18. The Morgan fingerprint density at radius 3 is 0.782 bits per heavy atom. The first-order chi connectivity index (χ1) is 38.5. The maximum atomic E-state index is 12.9. The molecule has 6 nitrogen and oxygen atoms in total. The number of hydrogen-bond acceptors (Lipinski definition) is 6. The third-order valence-corrected chi connectivity index (χ3v) is 14.9. The molecule has 0 fully saturated rings. The summed E-state index contributed by atoms with van der Waals surface area (Å²) in [6.07, 6.45) is 86.2. The van der Waals surface area contributed by atoms with E-state index in [4.69, 9.17) is 14.2 Å². The fourth-order valence-corrected chi connectivity index (χ4v) is 9.88. The van der Waals surface area contributed by atoms with Gasteiger partial charge in [-0.25, -0.2) is 0 Å². The zero-order chi connectivity index (χ0) is 56.4. The lowest BCUT2D eigenvalue weighted by Crippen LogP contribution is -2.30. The standard InChI is InChI=1S/C72H128O6/c1-4-7-10-13-16-19-22-25-28-30-32-34-35-36-37-39-40-42-44-47-50-53-56-59-62-65-71(74)77-68-69(67-76-70(73)64-61-58-55-52-49-46-27-24-21-18-15-12-9-6-3)78-72(75)66-63-60-57-54-51-48-45-43-41-38-33-31-29-26-23-20-17-14-11-8-5-2/h7,10,16,19,23,25-26,28,31-34,69H,4-6,8-9,11-15,17-18,20-22,24,27,29-30,35-68H2,1-3H3/b10-7-,19-16-,26-23-,28-25-,33-31-,34-32-. The zero-order valence-corrected chi connectivity index (χ0v) is 51.9. The normalized spacial score (nSPS) is 12.5. The lowest BCUT2D eigenvalue weighted by atomic mass is 10.0. The molecule has 0 aliphatic rings. The van der Waals surface area contributed by atoms with E-state index < -0.39 is 6.10 Å². The molecule has 0 radical (unpaired) electrons. The Labute approximate surface area is 484 Å². The predicted octanol–water partition coefficient (Wildman–Crippen LogP) is 23.3. The van der Waals surface area contributed by atoms with Crippen LogP contribution in [0.5, 0.6) is 0 Å². The van der Waals surface area contributed by atoms with Gasteiger partial charge in [-0.05, 0) is 89.9 Å². The van der Waals surface area contributed by atoms with Crippen molar-refractivity contribution in [2.45, 2.75) is 354 Å². The molecule has 0 aliphatic heterocycles. The van der Waals surface area contributed by atoms with Crippen molar-refractivity contribution in [1.29, 1.82) is 0 Å². The van der Waals surface area contributed by atoms with E-state index in [2.05, 4.69) is 93.7 Å². The molecule has 1 unspecified atom stereocenters. The number of ether oxygens (including phenoxy) is 3. The van der Waals surface area contributed by atoms with Crippen molar-refractivity contribution in [2.75, 3.05) is 13.2 Å². The number of carbonyl (C=O) groups is 3. The first kappa shape index (κ1) is 74.8. The largest absolute Gasteiger partial charge is 0.462 e. The van der Waals surface area contributed by atoms with E-state index >= 15 is 0 Å². The highest BCUT2D eigenvalue weighted by Gasteiger charge is 2.19. The number of hydrogen-bond donors (Lipinski definition) is 0. The quantitative estimate of drug-likeness (QED) is 0.0261. The molecule has 0 aromatic rings. The SMILES string of the molecule is CC/C=C\C/C=C\C/C=C\C/C=C\CCCCCCCCCCCCCCC(=O)OCC(COC(=O)CCCCCCCCCCCCCCCC)OC(=O)CCCCCCCCCCC/C=C\C/C=C\CCCCCCC. The number of unbranched alkanes of at least 4 members (excludes halogenated alkanes) is 39. The number of allylic oxidation sites excluding steroid dienone is 12. The molecule has 0 aromatic heterocycles. The molecule has 0 N–H and O–H groups in total. The summed E-state index contributed by atoms with van der Waals surface area (Å²) in [4.78, 5) is 38.4. The molecule has 0 aromatic carbocycles. The van der Waals surface area contributed by atoms with Gasteiger partial charge < -0.3 is 14.2 Å². The van der Waals surface area contributed by atoms with Crippen LogP contribution in [0.25, 0.3) is 0 Å². The summed E-state index contributed by atoms with van der Waals surface area (Å²) >= 11 is 0. The first-order valence-corrected chi connectivity index (χ1v) is 33.9. The smallest absolute Gasteiger partial charge is 0.306 e. The molecule has 0 spiro atoms. The van der Waals surface area contributed by atoms with Crippen molar-refractivity contribution in [2.24, 2.45) is 0 Å². The fourth-order valence-electron chi connectivity index (χ4n) is 9.88. The Kier molecular flexibility index (Phi) is 63.7. The molecule has 0 bridgehead atoms. The van der Waals surface area contributed by atoms with Crippen molar-refractivity contribution < 1.29 is 28.6 Å². The van der Waals surface area contributed by atoms with Crippen molar-refractivity contribution in [1.82, 2.24) is 0 Å². The minimum absolute atomic E-state index is 0.0733. The molecular formula is C72H128O6. The lowest BCUT2D eigenvalue weighted by molar-refractivity contribution is -0.167. The molecule has 6 heteroatoms. The van der Waals surface area contributed by atoms with Crippen LogP contribution in [0, 0.1) is 0 Å². The average Bonchev–Trinajstić information content (AvgIpc) is 3.44. The second kappa shape index (κ2) is 66.4. The van der Waals surface area contributed by atoms with Crippen LogP contribution in [0.2, 0.25) is 0 Å². The molecule has 0 saturated carbocycles. The highest BCUT2D eigenvalue weighted by atomic mass is 16.6. The topological polar surface area (TPSA) is 78.9 Å². The predicted molar refractivity (Wildman–Crippen MR) is 339 cm³/mol. The number of esters is 3. The number of carbonyl (C=O) groups excluding carboxylic acids is 3. The summed E-state index contributed by atoms with van der Waals surface area (Å²) in [5.74, 6) is -0.859. The van der Waals surface area contributed by atoms with Gasteiger partial charge in [0.2, 0.25) is 0 Å². The van der Waals surface area contributed by atoms with Gasteiger partial charge in [0.15, 0.2) is 6.10 Å². The third-order valence-electron chi connectivity index (χ3n) is 14.9. The number of rotatable bonds is 62. The van der Waals surface area contributed by atoms with Gasteiger partial charge in [-0.1, -0.05) is 312 Å². The maximum Gasteiger partial charge on any atom is 0.306 e. The summed E-state index contributed by atoms with van der Waals surface area (Å²) in [6, 6.07) is 0. The van der Waals surface area contributed by atoms with E-state index in [-0.39, 0.29) is 31.1 Å². The molecule has 78 heavy (non-hydrogen) atoms. The minimum Gasteiger partial charge on any atom is -0.462 e. The van der Waals surface area contributed by atoms with Crippen molar-refractivity contribution in [3.8, 4) is 0 Å². The Bertz CT molecular complexity index is 1440. The third kappa shape index (κ3) is 63.7. The molecule has 0 aliphatic carbocycles. The van der Waals surface area contributed by atoms with Crippen LogP contribution in [-0.2, 0) is 28.6 Å². The Hall–Kier alpha value is -3.15. The summed E-state index contributed by atoms with van der Waals surface area (Å²) < 4.78 is 17.0. The molecule has 0 amide bonds. The van der Waals surface area contributed by atoms with Crippen LogP contribution in [0.3, 0.4) is 0 Å². The van der Waals surface area contributed by atoms with E-state index in [1.807, 2.05) is 0 Å². The average molecular weight is 1090 g/mol. The van der Waals surface area contributed by atoms with Crippen LogP contribution in [0.1, 0.15) is 348 Å². The minimum atomic E-state index is -0.778. The Balaban J connectivity index is 4.30. The molecule has 0 saturated heterocycles. The van der Waals surface area contributed by atoms with Crippen LogP contribution < -0.4 is 0 Å².